The molecule has 0 spiro atoms. The zero-order valence-corrected chi connectivity index (χ0v) is 12.7. The molecule has 0 aliphatic rings. The van der Waals surface area contributed by atoms with Crippen LogP contribution in [0.4, 0.5) is 0 Å². The first-order valence-electron chi connectivity index (χ1n) is 7.17. The first-order chi connectivity index (χ1) is 9.54. The Kier molecular flexibility index (Phi) is 4.89. The fourth-order valence-corrected chi connectivity index (χ4v) is 1.88. The van der Waals surface area contributed by atoms with Crippen molar-refractivity contribution in [1.82, 2.24) is 29.9 Å². The molecule has 0 aliphatic heterocycles. The first-order valence-corrected chi connectivity index (χ1v) is 7.17. The van der Waals surface area contributed by atoms with Gasteiger partial charge in [0, 0.05) is 12.2 Å². The van der Waals surface area contributed by atoms with Crippen LogP contribution in [0.2, 0.25) is 0 Å². The van der Waals surface area contributed by atoms with Crippen molar-refractivity contribution >= 4 is 0 Å². The highest BCUT2D eigenvalue weighted by atomic mass is 15.4. The van der Waals surface area contributed by atoms with Crippen molar-refractivity contribution in [2.24, 2.45) is 5.92 Å². The molecule has 0 unspecified atom stereocenters. The van der Waals surface area contributed by atoms with E-state index in [1.165, 1.54) is 0 Å². The fourth-order valence-electron chi connectivity index (χ4n) is 1.88. The smallest absolute Gasteiger partial charge is 0.164 e. The van der Waals surface area contributed by atoms with Gasteiger partial charge in [-0.25, -0.2) is 9.67 Å². The van der Waals surface area contributed by atoms with Crippen molar-refractivity contribution in [2.75, 3.05) is 6.54 Å². The van der Waals surface area contributed by atoms with Gasteiger partial charge in [0.05, 0.1) is 18.8 Å². The van der Waals surface area contributed by atoms with E-state index in [0.717, 1.165) is 18.1 Å². The van der Waals surface area contributed by atoms with E-state index in [1.54, 1.807) is 6.33 Å². The summed E-state index contributed by atoms with van der Waals surface area (Å²) in [6.45, 7) is 11.0. The fraction of sp³-hybridized carbons (Fsp3) is 0.643. The van der Waals surface area contributed by atoms with Gasteiger partial charge in [-0.2, -0.15) is 10.2 Å². The summed E-state index contributed by atoms with van der Waals surface area (Å²) in [5, 5.41) is 12.3. The molecular formula is C14H24N6. The number of hydrogen-bond donors (Lipinski definition) is 1. The lowest BCUT2D eigenvalue weighted by atomic mass is 10.2. The van der Waals surface area contributed by atoms with E-state index in [1.807, 2.05) is 21.6 Å². The largest absolute Gasteiger partial charge is 0.310 e. The number of rotatable bonds is 7. The third-order valence-corrected chi connectivity index (χ3v) is 2.94. The Morgan fingerprint density at radius 2 is 2.00 bits per heavy atom. The van der Waals surface area contributed by atoms with Gasteiger partial charge in [-0.05, 0) is 32.4 Å². The molecule has 20 heavy (non-hydrogen) atoms. The molecule has 1 N–H and O–H groups in total. The van der Waals surface area contributed by atoms with E-state index in [0.29, 0.717) is 25.0 Å². The van der Waals surface area contributed by atoms with E-state index < -0.39 is 0 Å². The monoisotopic (exact) mass is 276 g/mol. The Balaban J connectivity index is 1.88. The van der Waals surface area contributed by atoms with Gasteiger partial charge in [-0.1, -0.05) is 13.8 Å². The van der Waals surface area contributed by atoms with Gasteiger partial charge in [0.2, 0.25) is 0 Å². The van der Waals surface area contributed by atoms with Crippen molar-refractivity contribution in [1.29, 1.82) is 0 Å². The average molecular weight is 276 g/mol. The average Bonchev–Trinajstić information content (AvgIpc) is 2.99. The molecule has 6 nitrogen and oxygen atoms in total. The van der Waals surface area contributed by atoms with Crippen LogP contribution in [0, 0.1) is 5.92 Å². The van der Waals surface area contributed by atoms with Crippen LogP contribution in [-0.4, -0.2) is 31.1 Å². The van der Waals surface area contributed by atoms with E-state index in [2.05, 4.69) is 48.2 Å². The third kappa shape index (κ3) is 4.16. The maximum atomic E-state index is 4.51. The Morgan fingerprint density at radius 3 is 2.65 bits per heavy atom. The minimum Gasteiger partial charge on any atom is -0.310 e. The molecule has 0 amide bonds. The summed E-state index contributed by atoms with van der Waals surface area (Å²) in [5.74, 6) is 1.46. The second kappa shape index (κ2) is 6.65. The van der Waals surface area contributed by atoms with E-state index in [4.69, 9.17) is 0 Å². The lowest BCUT2D eigenvalue weighted by molar-refractivity contribution is 0.518. The van der Waals surface area contributed by atoms with E-state index in [9.17, 15) is 0 Å². The summed E-state index contributed by atoms with van der Waals surface area (Å²) in [5.41, 5.74) is 1.00. The highest BCUT2D eigenvalue weighted by Crippen LogP contribution is 2.05. The maximum absolute atomic E-state index is 4.51. The minimum atomic E-state index is 0.385. The quantitative estimate of drug-likeness (QED) is 0.838. The number of hydrogen-bond acceptors (Lipinski definition) is 4. The summed E-state index contributed by atoms with van der Waals surface area (Å²) < 4.78 is 3.79. The van der Waals surface area contributed by atoms with Crippen LogP contribution in [-0.2, 0) is 13.1 Å². The molecule has 0 bridgehead atoms. The van der Waals surface area contributed by atoms with Gasteiger partial charge >= 0.3 is 0 Å². The summed E-state index contributed by atoms with van der Waals surface area (Å²) in [6.07, 6.45) is 3.77. The Bertz CT molecular complexity index is 525. The number of nitrogens with one attached hydrogen (secondary N) is 1. The minimum absolute atomic E-state index is 0.385. The lowest BCUT2D eigenvalue weighted by Gasteiger charge is -2.04. The van der Waals surface area contributed by atoms with Crippen LogP contribution >= 0.6 is 0 Å². The molecule has 2 aromatic rings. The molecule has 0 aromatic carbocycles. The van der Waals surface area contributed by atoms with Crippen LogP contribution < -0.4 is 5.32 Å². The number of aromatic nitrogens is 5. The Labute approximate surface area is 120 Å². The maximum Gasteiger partial charge on any atom is 0.164 e. The molecule has 0 saturated heterocycles. The van der Waals surface area contributed by atoms with Crippen molar-refractivity contribution in [3.63, 3.8) is 0 Å². The van der Waals surface area contributed by atoms with Gasteiger partial charge in [-0.15, -0.1) is 0 Å². The Morgan fingerprint density at radius 1 is 1.20 bits per heavy atom. The Hall–Kier alpha value is -1.69. The molecule has 0 radical (unpaired) electrons. The summed E-state index contributed by atoms with van der Waals surface area (Å²) in [6, 6.07) is 2.41. The van der Waals surface area contributed by atoms with Crippen LogP contribution in [0.25, 0.3) is 0 Å². The van der Waals surface area contributed by atoms with E-state index >= 15 is 0 Å². The van der Waals surface area contributed by atoms with Gasteiger partial charge in [0.15, 0.2) is 5.82 Å². The predicted molar refractivity (Wildman–Crippen MR) is 78.3 cm³/mol. The molecule has 110 valence electrons. The number of nitrogens with zero attached hydrogens (tertiary/aromatic N) is 5. The highest BCUT2D eigenvalue weighted by molar-refractivity contribution is 5.00. The third-order valence-electron chi connectivity index (χ3n) is 2.94. The summed E-state index contributed by atoms with van der Waals surface area (Å²) >= 11 is 0. The standard InChI is InChI=1S/C14H24N6/c1-11(2)7-15-8-14-16-10-19(18-14)9-13-5-6-20(17-13)12(3)4/h5-6,10-12,15H,7-9H2,1-4H3. The zero-order chi connectivity index (χ0) is 14.5. The molecule has 6 heteroatoms. The zero-order valence-electron chi connectivity index (χ0n) is 12.7. The SMILES string of the molecule is CC(C)CNCc1ncn(Cc2ccn(C(C)C)n2)n1. The second-order valence-electron chi connectivity index (χ2n) is 5.76. The van der Waals surface area contributed by atoms with E-state index in [-0.39, 0.29) is 0 Å². The molecule has 0 fully saturated rings. The summed E-state index contributed by atoms with van der Waals surface area (Å²) in [4.78, 5) is 4.31. The normalized spacial score (nSPS) is 11.7. The summed E-state index contributed by atoms with van der Waals surface area (Å²) in [7, 11) is 0. The second-order valence-corrected chi connectivity index (χ2v) is 5.76. The van der Waals surface area contributed by atoms with Crippen molar-refractivity contribution < 1.29 is 0 Å². The molecule has 2 heterocycles. The molecule has 2 rings (SSSR count). The van der Waals surface area contributed by atoms with Crippen LogP contribution in [0.1, 0.15) is 45.3 Å². The van der Waals surface area contributed by atoms with Crippen molar-refractivity contribution in [3.05, 3.63) is 30.1 Å². The van der Waals surface area contributed by atoms with Gasteiger partial charge < -0.3 is 5.32 Å². The molecule has 0 atom stereocenters. The van der Waals surface area contributed by atoms with Crippen LogP contribution in [0.3, 0.4) is 0 Å². The van der Waals surface area contributed by atoms with Gasteiger partial charge in [-0.3, -0.25) is 4.68 Å². The molecular weight excluding hydrogens is 252 g/mol. The van der Waals surface area contributed by atoms with Gasteiger partial charge in [0.1, 0.15) is 6.33 Å². The lowest BCUT2D eigenvalue weighted by Crippen LogP contribution is -2.19. The molecule has 0 saturated carbocycles. The van der Waals surface area contributed by atoms with Crippen molar-refractivity contribution in [2.45, 2.75) is 46.8 Å². The van der Waals surface area contributed by atoms with Crippen LogP contribution in [0.15, 0.2) is 18.6 Å². The first kappa shape index (κ1) is 14.7. The van der Waals surface area contributed by atoms with Crippen molar-refractivity contribution in [3.8, 4) is 0 Å². The van der Waals surface area contributed by atoms with Crippen LogP contribution in [0.5, 0.6) is 0 Å². The molecule has 2 aromatic heterocycles. The van der Waals surface area contributed by atoms with Gasteiger partial charge in [0.25, 0.3) is 0 Å². The predicted octanol–water partition coefficient (Wildman–Crippen LogP) is 1.85. The molecule has 0 aliphatic carbocycles. The topological polar surface area (TPSA) is 60.6 Å². The highest BCUT2D eigenvalue weighted by Gasteiger charge is 2.05.